The maximum absolute atomic E-state index is 13.7. The van der Waals surface area contributed by atoms with Crippen LogP contribution in [-0.4, -0.2) is 87.1 Å². The van der Waals surface area contributed by atoms with Crippen molar-refractivity contribution in [3.05, 3.63) is 89.5 Å². The number of hydrogen-bond donors (Lipinski definition) is 5. The van der Waals surface area contributed by atoms with Gasteiger partial charge in [0.05, 0.1) is 21.9 Å². The molecule has 0 spiro atoms. The first kappa shape index (κ1) is 37.6. The van der Waals surface area contributed by atoms with Crippen molar-refractivity contribution in [2.24, 2.45) is 5.14 Å². The lowest BCUT2D eigenvalue weighted by molar-refractivity contribution is 0.0635. The van der Waals surface area contributed by atoms with Gasteiger partial charge in [0.2, 0.25) is 10.0 Å². The summed E-state index contributed by atoms with van der Waals surface area (Å²) in [6.45, 7) is 6.27. The molecule has 2 unspecified atom stereocenters. The van der Waals surface area contributed by atoms with Gasteiger partial charge >= 0.3 is 0 Å². The Bertz CT molecular complexity index is 1710. The normalized spacial score (nSPS) is 13.2. The van der Waals surface area contributed by atoms with E-state index in [0.717, 1.165) is 12.1 Å². The molecule has 3 aromatic carbocycles. The average Bonchev–Trinajstić information content (AvgIpc) is 3.04. The number of carbonyl (C=O) groups excluding carboxylic acids is 2. The third-order valence-electron chi connectivity index (χ3n) is 7.28. The molecule has 0 saturated heterocycles. The van der Waals surface area contributed by atoms with Gasteiger partial charge in [-0.2, -0.15) is 0 Å². The number of likely N-dealkylation sites (N-methyl/N-ethyl adjacent to an activating group) is 1. The number of nitrogens with zero attached hydrogens (tertiary/aromatic N) is 2. The van der Waals surface area contributed by atoms with Crippen LogP contribution >= 0.6 is 0 Å². The predicted octanol–water partition coefficient (Wildman–Crippen LogP) is 2.22. The van der Waals surface area contributed by atoms with Gasteiger partial charge in [0, 0.05) is 37.3 Å². The maximum atomic E-state index is 13.7. The van der Waals surface area contributed by atoms with Gasteiger partial charge in [0.1, 0.15) is 5.75 Å². The minimum atomic E-state index is -4.32. The molecule has 6 N–H and O–H groups in total. The number of amides is 2. The molecule has 2 atom stereocenters. The third-order valence-corrected chi connectivity index (χ3v) is 9.57. The van der Waals surface area contributed by atoms with Crippen molar-refractivity contribution >= 4 is 31.9 Å². The molecule has 13 nitrogen and oxygen atoms in total. The number of rotatable bonds is 17. The quantitative estimate of drug-likeness (QED) is 0.132. The fourth-order valence-electron chi connectivity index (χ4n) is 4.88. The summed E-state index contributed by atoms with van der Waals surface area (Å²) in [7, 11) is -8.29. The third kappa shape index (κ3) is 10.8. The number of hydrazine groups is 1. The number of hydrogen-bond acceptors (Lipinski definition) is 9. The first-order valence-corrected chi connectivity index (χ1v) is 18.3. The summed E-state index contributed by atoms with van der Waals surface area (Å²) in [6, 6.07) is 16.2. The zero-order chi connectivity index (χ0) is 34.8. The number of aliphatic hydroxyl groups is 1. The van der Waals surface area contributed by atoms with Gasteiger partial charge in [-0.25, -0.2) is 27.0 Å². The topological polar surface area (TPSA) is 199 Å². The van der Waals surface area contributed by atoms with Gasteiger partial charge < -0.3 is 20.4 Å². The first-order valence-electron chi connectivity index (χ1n) is 15.2. The van der Waals surface area contributed by atoms with Crippen LogP contribution in [0.5, 0.6) is 5.75 Å². The van der Waals surface area contributed by atoms with Crippen LogP contribution in [-0.2, 0) is 26.5 Å². The highest BCUT2D eigenvalue weighted by atomic mass is 32.2. The van der Waals surface area contributed by atoms with Crippen LogP contribution in [0, 0.1) is 0 Å². The minimum absolute atomic E-state index is 0.0135. The Morgan fingerprint density at radius 2 is 1.45 bits per heavy atom. The van der Waals surface area contributed by atoms with Crippen molar-refractivity contribution in [3.63, 3.8) is 0 Å². The van der Waals surface area contributed by atoms with E-state index in [1.54, 1.807) is 42.2 Å². The van der Waals surface area contributed by atoms with E-state index in [2.05, 4.69) is 10.1 Å². The highest BCUT2D eigenvalue weighted by molar-refractivity contribution is 7.89. The number of primary sulfonamides is 1. The standard InChI is InChI=1S/C32H43N5O8S2/c1-4-16-36(17-5-2)32(41)25-19-24(20-28(21-25)46(33,42)43)31(40)34-29(18-23-12-14-26(38)15-13-23)30(39)22-37(6-3)35-47(44,45)27-10-8-7-9-11-27/h7-15,19-21,29-30,35,38-39H,4-6,16-18,22H2,1-3H3,(H,34,40)(H2,33,42,43). The lowest BCUT2D eigenvalue weighted by Crippen LogP contribution is -2.53. The van der Waals surface area contributed by atoms with Crippen LogP contribution in [0.25, 0.3) is 0 Å². The lowest BCUT2D eigenvalue weighted by Gasteiger charge is -2.30. The van der Waals surface area contributed by atoms with E-state index in [1.165, 1.54) is 35.3 Å². The zero-order valence-corrected chi connectivity index (χ0v) is 28.3. The van der Waals surface area contributed by atoms with E-state index >= 15 is 0 Å². The number of aliphatic hydroxyl groups excluding tert-OH is 1. The van der Waals surface area contributed by atoms with Gasteiger partial charge in [-0.15, -0.1) is 4.83 Å². The van der Waals surface area contributed by atoms with Crippen LogP contribution in [0.1, 0.15) is 59.9 Å². The van der Waals surface area contributed by atoms with Crippen LogP contribution in [0.3, 0.4) is 0 Å². The summed E-state index contributed by atoms with van der Waals surface area (Å²) >= 11 is 0. The van der Waals surface area contributed by atoms with Crippen molar-refractivity contribution in [1.82, 2.24) is 20.1 Å². The Labute approximate surface area is 276 Å². The molecular formula is C32H43N5O8S2. The second kappa shape index (κ2) is 16.8. The van der Waals surface area contributed by atoms with Crippen LogP contribution in [0.2, 0.25) is 0 Å². The van der Waals surface area contributed by atoms with Crippen molar-refractivity contribution in [2.45, 2.75) is 62.0 Å². The molecule has 47 heavy (non-hydrogen) atoms. The molecule has 0 aliphatic carbocycles. The van der Waals surface area contributed by atoms with Crippen molar-refractivity contribution in [1.29, 1.82) is 0 Å². The van der Waals surface area contributed by atoms with Gasteiger partial charge in [-0.05, 0) is 67.3 Å². The monoisotopic (exact) mass is 689 g/mol. The summed E-state index contributed by atoms with van der Waals surface area (Å²) in [5.41, 5.74) is 0.420. The average molecular weight is 690 g/mol. The van der Waals surface area contributed by atoms with Gasteiger partial charge in [0.15, 0.2) is 0 Å². The summed E-state index contributed by atoms with van der Waals surface area (Å²) < 4.78 is 50.6. The molecule has 0 heterocycles. The highest BCUT2D eigenvalue weighted by Gasteiger charge is 2.28. The van der Waals surface area contributed by atoms with E-state index < -0.39 is 48.9 Å². The Kier molecular flexibility index (Phi) is 13.4. The van der Waals surface area contributed by atoms with Gasteiger partial charge in [0.25, 0.3) is 21.8 Å². The molecule has 0 aliphatic rings. The number of phenols is 1. The van der Waals surface area contributed by atoms with Crippen molar-refractivity contribution < 1.29 is 36.6 Å². The number of nitrogens with two attached hydrogens (primary N) is 1. The molecule has 3 rings (SSSR count). The molecule has 3 aromatic rings. The molecule has 0 saturated carbocycles. The van der Waals surface area contributed by atoms with E-state index in [1.807, 2.05) is 13.8 Å². The number of aromatic hydroxyl groups is 1. The predicted molar refractivity (Wildman–Crippen MR) is 177 cm³/mol. The molecule has 0 bridgehead atoms. The van der Waals surface area contributed by atoms with Crippen molar-refractivity contribution in [3.8, 4) is 5.75 Å². The highest BCUT2D eigenvalue weighted by Crippen LogP contribution is 2.19. The van der Waals surface area contributed by atoms with Gasteiger partial charge in [-0.3, -0.25) is 9.59 Å². The molecule has 0 fully saturated rings. The SMILES string of the molecule is CCCN(CCC)C(=O)c1cc(C(=O)NC(Cc2ccc(O)cc2)C(O)CN(CC)NS(=O)(=O)c2ccccc2)cc(S(N)(=O)=O)c1. The minimum Gasteiger partial charge on any atom is -0.508 e. The zero-order valence-electron chi connectivity index (χ0n) is 26.7. The van der Waals surface area contributed by atoms with E-state index in [4.69, 9.17) is 5.14 Å². The fraction of sp³-hybridized carbons (Fsp3) is 0.375. The Morgan fingerprint density at radius 3 is 2.00 bits per heavy atom. The van der Waals surface area contributed by atoms with Gasteiger partial charge in [-0.1, -0.05) is 51.1 Å². The smallest absolute Gasteiger partial charge is 0.253 e. The number of carbonyl (C=O) groups is 2. The lowest BCUT2D eigenvalue weighted by atomic mass is 10.00. The van der Waals surface area contributed by atoms with E-state index in [-0.39, 0.29) is 41.3 Å². The Morgan fingerprint density at radius 1 is 0.851 bits per heavy atom. The molecule has 0 aliphatic heterocycles. The summed E-state index contributed by atoms with van der Waals surface area (Å²) in [5.74, 6) is -1.24. The number of nitrogens with one attached hydrogen (secondary N) is 2. The number of sulfonamides is 2. The van der Waals surface area contributed by atoms with Crippen LogP contribution in [0.4, 0.5) is 0 Å². The van der Waals surface area contributed by atoms with E-state index in [9.17, 15) is 36.6 Å². The molecule has 15 heteroatoms. The summed E-state index contributed by atoms with van der Waals surface area (Å²) in [4.78, 5) is 30.7. The van der Waals surface area contributed by atoms with Crippen LogP contribution in [0.15, 0.2) is 82.6 Å². The summed E-state index contributed by atoms with van der Waals surface area (Å²) in [6.07, 6.45) is 0.0399. The largest absolute Gasteiger partial charge is 0.508 e. The summed E-state index contributed by atoms with van der Waals surface area (Å²) in [5, 5.41) is 30.6. The second-order valence-electron chi connectivity index (χ2n) is 11.0. The molecule has 256 valence electrons. The molecule has 0 aromatic heterocycles. The van der Waals surface area contributed by atoms with Crippen molar-refractivity contribution in [2.75, 3.05) is 26.2 Å². The fourth-order valence-corrected chi connectivity index (χ4v) is 6.63. The first-order chi connectivity index (χ1) is 22.2. The molecule has 0 radical (unpaired) electrons. The Balaban J connectivity index is 1.95. The second-order valence-corrected chi connectivity index (χ2v) is 14.3. The molecule has 2 amide bonds. The maximum Gasteiger partial charge on any atom is 0.253 e. The van der Waals surface area contributed by atoms with E-state index in [0.29, 0.717) is 31.5 Å². The number of phenolic OH excluding ortho intramolecular Hbond substituents is 1. The Hall–Kier alpha value is -3.86. The number of benzene rings is 3. The molecular weight excluding hydrogens is 647 g/mol. The van der Waals surface area contributed by atoms with Crippen LogP contribution < -0.4 is 15.3 Å².